The molecule has 3 nitrogen and oxygen atoms in total. The van der Waals surface area contributed by atoms with Gasteiger partial charge in [0.25, 0.3) is 0 Å². The molecule has 0 aliphatic carbocycles. The Kier molecular flexibility index (Phi) is 2.33. The molecule has 0 spiro atoms. The van der Waals surface area contributed by atoms with Crippen LogP contribution in [0.3, 0.4) is 0 Å². The molecule has 68 valence electrons. The van der Waals surface area contributed by atoms with Gasteiger partial charge in [-0.25, -0.2) is 4.98 Å². The Bertz CT molecular complexity index is 422. The van der Waals surface area contributed by atoms with Gasteiger partial charge < -0.3 is 10.1 Å². The number of hydrogen-bond donors (Lipinski definition) is 1. The number of nitrogens with two attached hydrogens (primary N) is 1. The van der Waals surface area contributed by atoms with Gasteiger partial charge in [0.15, 0.2) is 0 Å². The van der Waals surface area contributed by atoms with E-state index in [1.54, 1.807) is 0 Å². The van der Waals surface area contributed by atoms with Crippen molar-refractivity contribution in [3.05, 3.63) is 34.7 Å². The van der Waals surface area contributed by atoms with E-state index in [1.165, 1.54) is 0 Å². The van der Waals surface area contributed by atoms with Gasteiger partial charge in [0.05, 0.1) is 0 Å². The number of fused-ring (bicyclic) bond motifs is 1. The molecule has 2 heterocycles. The van der Waals surface area contributed by atoms with E-state index in [9.17, 15) is 0 Å². The summed E-state index contributed by atoms with van der Waals surface area (Å²) in [6, 6.07) is 3.98. The molecule has 2 rings (SSSR count). The van der Waals surface area contributed by atoms with Crippen LogP contribution < -0.4 is 5.73 Å². The summed E-state index contributed by atoms with van der Waals surface area (Å²) in [6.07, 6.45) is 4.73. The van der Waals surface area contributed by atoms with E-state index in [1.807, 2.05) is 24.5 Å². The second kappa shape index (κ2) is 3.47. The molecule has 0 fully saturated rings. The van der Waals surface area contributed by atoms with Crippen molar-refractivity contribution in [1.82, 2.24) is 9.38 Å². The number of pyridine rings is 1. The monoisotopic (exact) mass is 239 g/mol. The summed E-state index contributed by atoms with van der Waals surface area (Å²) >= 11 is 3.40. The molecule has 4 heteroatoms. The summed E-state index contributed by atoms with van der Waals surface area (Å²) in [7, 11) is 0. The molecule has 0 aromatic carbocycles. The Morgan fingerprint density at radius 3 is 3.15 bits per heavy atom. The largest absolute Gasteiger partial charge is 0.330 e. The first-order chi connectivity index (χ1) is 6.31. The zero-order chi connectivity index (χ0) is 9.26. The first-order valence-corrected chi connectivity index (χ1v) is 4.92. The van der Waals surface area contributed by atoms with Gasteiger partial charge in [0.1, 0.15) is 5.65 Å². The lowest BCUT2D eigenvalue weighted by Crippen LogP contribution is -2.04. The first-order valence-electron chi connectivity index (χ1n) is 4.13. The first kappa shape index (κ1) is 8.72. The van der Waals surface area contributed by atoms with E-state index in [-0.39, 0.29) is 0 Å². The summed E-state index contributed by atoms with van der Waals surface area (Å²) in [5.74, 6) is 0. The Hall–Kier alpha value is -0.870. The lowest BCUT2D eigenvalue weighted by Gasteiger charge is -1.99. The van der Waals surface area contributed by atoms with Gasteiger partial charge in [-0.15, -0.1) is 0 Å². The number of rotatable bonds is 2. The maximum atomic E-state index is 5.49. The smallest absolute Gasteiger partial charge is 0.138 e. The summed E-state index contributed by atoms with van der Waals surface area (Å²) < 4.78 is 3.10. The van der Waals surface area contributed by atoms with Crippen LogP contribution in [0.2, 0.25) is 0 Å². The van der Waals surface area contributed by atoms with Crippen molar-refractivity contribution in [1.29, 1.82) is 0 Å². The van der Waals surface area contributed by atoms with Crippen molar-refractivity contribution >= 4 is 21.6 Å². The van der Waals surface area contributed by atoms with Crippen molar-refractivity contribution < 1.29 is 0 Å². The molecule has 0 atom stereocenters. The summed E-state index contributed by atoms with van der Waals surface area (Å²) in [6.45, 7) is 0.657. The molecule has 0 saturated heterocycles. The molecule has 0 amide bonds. The Labute approximate surface area is 84.7 Å². The highest BCUT2D eigenvalue weighted by atomic mass is 79.9. The minimum atomic E-state index is 0.657. The number of halogens is 1. The zero-order valence-electron chi connectivity index (χ0n) is 7.07. The minimum absolute atomic E-state index is 0.657. The molecule has 0 aliphatic heterocycles. The molecular formula is C9H10BrN3. The average Bonchev–Trinajstić information content (AvgIpc) is 2.49. The quantitative estimate of drug-likeness (QED) is 0.866. The van der Waals surface area contributed by atoms with Crippen LogP contribution in [0.25, 0.3) is 5.65 Å². The van der Waals surface area contributed by atoms with Crippen LogP contribution in [0, 0.1) is 0 Å². The van der Waals surface area contributed by atoms with Gasteiger partial charge in [-0.05, 0) is 18.7 Å². The van der Waals surface area contributed by atoms with Gasteiger partial charge in [0, 0.05) is 29.0 Å². The topological polar surface area (TPSA) is 43.3 Å². The second-order valence-corrected chi connectivity index (χ2v) is 3.78. The fourth-order valence-corrected chi connectivity index (χ4v) is 1.66. The molecular weight excluding hydrogens is 230 g/mol. The Morgan fingerprint density at radius 1 is 1.54 bits per heavy atom. The molecule has 2 aromatic heterocycles. The van der Waals surface area contributed by atoms with Gasteiger partial charge in [0.2, 0.25) is 0 Å². The van der Waals surface area contributed by atoms with Crippen LogP contribution >= 0.6 is 15.9 Å². The summed E-state index contributed by atoms with van der Waals surface area (Å²) in [5, 5.41) is 0. The van der Waals surface area contributed by atoms with E-state index in [4.69, 9.17) is 5.73 Å². The number of imidazole rings is 1. The van der Waals surface area contributed by atoms with Gasteiger partial charge in [-0.1, -0.05) is 15.9 Å². The highest BCUT2D eigenvalue weighted by molar-refractivity contribution is 9.10. The number of hydrogen-bond acceptors (Lipinski definition) is 2. The normalized spacial score (nSPS) is 10.9. The van der Waals surface area contributed by atoms with Crippen molar-refractivity contribution in [3.8, 4) is 0 Å². The molecule has 0 unspecified atom stereocenters. The maximum absolute atomic E-state index is 5.49. The molecule has 0 radical (unpaired) electrons. The molecule has 0 bridgehead atoms. The van der Waals surface area contributed by atoms with Crippen molar-refractivity contribution in [2.45, 2.75) is 6.42 Å². The van der Waals surface area contributed by atoms with Gasteiger partial charge >= 0.3 is 0 Å². The third-order valence-electron chi connectivity index (χ3n) is 1.95. The van der Waals surface area contributed by atoms with Crippen LogP contribution in [0.1, 0.15) is 5.69 Å². The highest BCUT2D eigenvalue weighted by Crippen LogP contribution is 2.13. The molecule has 13 heavy (non-hydrogen) atoms. The van der Waals surface area contributed by atoms with E-state index in [2.05, 4.69) is 25.3 Å². The minimum Gasteiger partial charge on any atom is -0.330 e. The highest BCUT2D eigenvalue weighted by Gasteiger charge is 2.01. The van der Waals surface area contributed by atoms with Crippen molar-refractivity contribution in [2.24, 2.45) is 5.73 Å². The number of aromatic nitrogens is 2. The Balaban J connectivity index is 2.55. The predicted octanol–water partition coefficient (Wildman–Crippen LogP) is 1.60. The van der Waals surface area contributed by atoms with Gasteiger partial charge in [-0.3, -0.25) is 0 Å². The summed E-state index contributed by atoms with van der Waals surface area (Å²) in [4.78, 5) is 4.28. The van der Waals surface area contributed by atoms with Crippen LogP contribution in [-0.4, -0.2) is 15.9 Å². The van der Waals surface area contributed by atoms with E-state index < -0.39 is 0 Å². The van der Waals surface area contributed by atoms with E-state index >= 15 is 0 Å². The number of nitrogens with zero attached hydrogens (tertiary/aromatic N) is 2. The second-order valence-electron chi connectivity index (χ2n) is 2.86. The predicted molar refractivity (Wildman–Crippen MR) is 55.7 cm³/mol. The fourth-order valence-electron chi connectivity index (χ4n) is 1.34. The maximum Gasteiger partial charge on any atom is 0.138 e. The Morgan fingerprint density at radius 2 is 2.38 bits per heavy atom. The van der Waals surface area contributed by atoms with Crippen LogP contribution in [0.4, 0.5) is 0 Å². The van der Waals surface area contributed by atoms with Gasteiger partial charge in [-0.2, -0.15) is 0 Å². The van der Waals surface area contributed by atoms with E-state index in [0.29, 0.717) is 6.54 Å². The zero-order valence-corrected chi connectivity index (χ0v) is 8.66. The van der Waals surface area contributed by atoms with Crippen LogP contribution in [0.15, 0.2) is 29.0 Å². The molecule has 0 aliphatic rings. The lowest BCUT2D eigenvalue weighted by atomic mass is 10.3. The molecule has 2 aromatic rings. The van der Waals surface area contributed by atoms with Crippen LogP contribution in [0.5, 0.6) is 0 Å². The molecule has 2 N–H and O–H groups in total. The van der Waals surface area contributed by atoms with Crippen LogP contribution in [-0.2, 0) is 6.42 Å². The van der Waals surface area contributed by atoms with Crippen molar-refractivity contribution in [3.63, 3.8) is 0 Å². The van der Waals surface area contributed by atoms with E-state index in [0.717, 1.165) is 22.2 Å². The average molecular weight is 240 g/mol. The third-order valence-corrected chi connectivity index (χ3v) is 2.45. The van der Waals surface area contributed by atoms with Crippen molar-refractivity contribution in [2.75, 3.05) is 6.54 Å². The third kappa shape index (κ3) is 1.59. The fraction of sp³-hybridized carbons (Fsp3) is 0.222. The molecule has 0 saturated carbocycles. The summed E-state index contributed by atoms with van der Waals surface area (Å²) in [5.41, 5.74) is 7.60. The SMILES string of the molecule is NCCc1cnc2cc(Br)ccn12. The lowest BCUT2D eigenvalue weighted by molar-refractivity contribution is 0.904. The standard InChI is InChI=1S/C9H10BrN3/c10-7-2-4-13-8(1-3-11)6-12-9(13)5-7/h2,4-6H,1,3,11H2.